The lowest BCUT2D eigenvalue weighted by Crippen LogP contribution is -2.48. The van der Waals surface area contributed by atoms with E-state index < -0.39 is 0 Å². The summed E-state index contributed by atoms with van der Waals surface area (Å²) in [5.41, 5.74) is 3.18. The Morgan fingerprint density at radius 2 is 1.67 bits per heavy atom. The molecular weight excluding hydrogens is 220 g/mol. The van der Waals surface area contributed by atoms with Crippen LogP contribution in [0.2, 0.25) is 0 Å². The van der Waals surface area contributed by atoms with Crippen LogP contribution in [-0.4, -0.2) is 6.04 Å². The molecule has 0 aliphatic heterocycles. The zero-order valence-corrected chi connectivity index (χ0v) is 12.9. The van der Waals surface area contributed by atoms with Crippen LogP contribution < -0.4 is 11.3 Å². The van der Waals surface area contributed by atoms with E-state index in [0.717, 1.165) is 23.7 Å². The number of hydrogen-bond acceptors (Lipinski definition) is 2. The predicted octanol–water partition coefficient (Wildman–Crippen LogP) is 4.11. The standard InChI is InChI=1S/C16H34N2/c1-5-7-14(8-6-2)16(18-17)15-10-9-12(3)13(4)11-15/h12-16,18H,5-11,17H2,1-4H3. The number of rotatable bonds is 7. The first-order valence-electron chi connectivity index (χ1n) is 8.10. The second-order valence-electron chi connectivity index (χ2n) is 6.56. The van der Waals surface area contributed by atoms with Gasteiger partial charge in [-0.2, -0.15) is 0 Å². The van der Waals surface area contributed by atoms with Crippen LogP contribution in [0.3, 0.4) is 0 Å². The molecule has 3 N–H and O–H groups in total. The van der Waals surface area contributed by atoms with Crippen molar-refractivity contribution < 1.29 is 0 Å². The molecule has 1 aliphatic carbocycles. The van der Waals surface area contributed by atoms with Gasteiger partial charge in [-0.05, 0) is 49.4 Å². The molecule has 108 valence electrons. The largest absolute Gasteiger partial charge is 0.271 e. The molecule has 4 unspecified atom stereocenters. The van der Waals surface area contributed by atoms with Gasteiger partial charge in [0, 0.05) is 6.04 Å². The number of hydrogen-bond donors (Lipinski definition) is 2. The Morgan fingerprint density at radius 1 is 1.06 bits per heavy atom. The summed E-state index contributed by atoms with van der Waals surface area (Å²) in [6, 6.07) is 0.542. The first-order valence-corrected chi connectivity index (χ1v) is 8.10. The normalized spacial score (nSPS) is 30.7. The third kappa shape index (κ3) is 4.24. The summed E-state index contributed by atoms with van der Waals surface area (Å²) in [6.45, 7) is 9.41. The molecular formula is C16H34N2. The minimum atomic E-state index is 0.542. The molecule has 0 amide bonds. The van der Waals surface area contributed by atoms with Gasteiger partial charge in [-0.25, -0.2) is 0 Å². The van der Waals surface area contributed by atoms with Gasteiger partial charge in [0.2, 0.25) is 0 Å². The lowest BCUT2D eigenvalue weighted by atomic mass is 9.70. The molecule has 0 aromatic carbocycles. The molecule has 2 heteroatoms. The maximum Gasteiger partial charge on any atom is 0.0267 e. The second kappa shape index (κ2) is 8.16. The molecule has 0 radical (unpaired) electrons. The molecule has 0 aromatic heterocycles. The molecule has 2 nitrogen and oxygen atoms in total. The molecule has 0 aromatic rings. The Kier molecular flexibility index (Phi) is 7.25. The van der Waals surface area contributed by atoms with Crippen molar-refractivity contribution in [2.24, 2.45) is 29.5 Å². The Labute approximate surface area is 114 Å². The van der Waals surface area contributed by atoms with Crippen molar-refractivity contribution in [2.45, 2.75) is 78.7 Å². The summed E-state index contributed by atoms with van der Waals surface area (Å²) in [4.78, 5) is 0. The first kappa shape index (κ1) is 16.0. The molecule has 0 spiro atoms. The van der Waals surface area contributed by atoms with Gasteiger partial charge in [-0.3, -0.25) is 11.3 Å². The van der Waals surface area contributed by atoms with Crippen molar-refractivity contribution in [1.82, 2.24) is 5.43 Å². The Bertz CT molecular complexity index is 211. The van der Waals surface area contributed by atoms with Crippen LogP contribution in [0.1, 0.15) is 72.6 Å². The van der Waals surface area contributed by atoms with E-state index >= 15 is 0 Å². The minimum Gasteiger partial charge on any atom is -0.271 e. The van der Waals surface area contributed by atoms with Gasteiger partial charge in [0.1, 0.15) is 0 Å². The fourth-order valence-corrected chi connectivity index (χ4v) is 3.82. The van der Waals surface area contributed by atoms with Crippen LogP contribution >= 0.6 is 0 Å². The zero-order chi connectivity index (χ0) is 13.5. The monoisotopic (exact) mass is 254 g/mol. The van der Waals surface area contributed by atoms with Crippen molar-refractivity contribution >= 4 is 0 Å². The second-order valence-corrected chi connectivity index (χ2v) is 6.56. The van der Waals surface area contributed by atoms with Crippen LogP contribution in [0.15, 0.2) is 0 Å². The highest BCUT2D eigenvalue weighted by atomic mass is 15.2. The number of nitrogens with two attached hydrogens (primary N) is 1. The quantitative estimate of drug-likeness (QED) is 0.530. The van der Waals surface area contributed by atoms with Gasteiger partial charge in [-0.15, -0.1) is 0 Å². The van der Waals surface area contributed by atoms with Crippen LogP contribution in [0.25, 0.3) is 0 Å². The third-order valence-corrected chi connectivity index (χ3v) is 5.17. The van der Waals surface area contributed by atoms with E-state index in [2.05, 4.69) is 33.1 Å². The van der Waals surface area contributed by atoms with Gasteiger partial charge >= 0.3 is 0 Å². The molecule has 1 fully saturated rings. The molecule has 0 bridgehead atoms. The Hall–Kier alpha value is -0.0800. The zero-order valence-electron chi connectivity index (χ0n) is 12.9. The summed E-state index contributed by atoms with van der Waals surface area (Å²) in [6.07, 6.45) is 9.31. The molecule has 0 saturated heterocycles. The highest BCUT2D eigenvalue weighted by molar-refractivity contribution is 4.86. The predicted molar refractivity (Wildman–Crippen MR) is 80.1 cm³/mol. The average Bonchev–Trinajstić information content (AvgIpc) is 2.35. The smallest absolute Gasteiger partial charge is 0.0267 e. The van der Waals surface area contributed by atoms with E-state index in [1.807, 2.05) is 0 Å². The fourth-order valence-electron chi connectivity index (χ4n) is 3.82. The van der Waals surface area contributed by atoms with Crippen LogP contribution in [0, 0.1) is 23.7 Å². The van der Waals surface area contributed by atoms with E-state index in [1.165, 1.54) is 44.9 Å². The SMILES string of the molecule is CCCC(CCC)C(NN)C1CCC(C)C(C)C1. The van der Waals surface area contributed by atoms with E-state index in [-0.39, 0.29) is 0 Å². The average molecular weight is 254 g/mol. The topological polar surface area (TPSA) is 38.0 Å². The van der Waals surface area contributed by atoms with E-state index in [1.54, 1.807) is 0 Å². The maximum absolute atomic E-state index is 5.90. The third-order valence-electron chi connectivity index (χ3n) is 5.17. The van der Waals surface area contributed by atoms with Gasteiger partial charge in [0.15, 0.2) is 0 Å². The summed E-state index contributed by atoms with van der Waals surface area (Å²) in [5.74, 6) is 9.23. The van der Waals surface area contributed by atoms with E-state index in [4.69, 9.17) is 5.84 Å². The summed E-state index contributed by atoms with van der Waals surface area (Å²) in [7, 11) is 0. The fraction of sp³-hybridized carbons (Fsp3) is 1.00. The molecule has 1 aliphatic rings. The Morgan fingerprint density at radius 3 is 2.11 bits per heavy atom. The Balaban J connectivity index is 2.62. The van der Waals surface area contributed by atoms with Crippen molar-refractivity contribution in [3.63, 3.8) is 0 Å². The molecule has 4 atom stereocenters. The summed E-state index contributed by atoms with van der Waals surface area (Å²) < 4.78 is 0. The van der Waals surface area contributed by atoms with Crippen molar-refractivity contribution in [3.8, 4) is 0 Å². The lowest BCUT2D eigenvalue weighted by Gasteiger charge is -2.40. The maximum atomic E-state index is 5.90. The van der Waals surface area contributed by atoms with Gasteiger partial charge in [-0.1, -0.05) is 47.0 Å². The van der Waals surface area contributed by atoms with Crippen LogP contribution in [0.4, 0.5) is 0 Å². The minimum absolute atomic E-state index is 0.542. The number of hydrazine groups is 1. The van der Waals surface area contributed by atoms with E-state index in [0.29, 0.717) is 6.04 Å². The highest BCUT2D eigenvalue weighted by Gasteiger charge is 2.33. The summed E-state index contributed by atoms with van der Waals surface area (Å²) >= 11 is 0. The van der Waals surface area contributed by atoms with E-state index in [9.17, 15) is 0 Å². The lowest BCUT2D eigenvalue weighted by molar-refractivity contribution is 0.133. The molecule has 18 heavy (non-hydrogen) atoms. The van der Waals surface area contributed by atoms with Gasteiger partial charge in [0.05, 0.1) is 0 Å². The van der Waals surface area contributed by atoms with Crippen LogP contribution in [-0.2, 0) is 0 Å². The van der Waals surface area contributed by atoms with Crippen molar-refractivity contribution in [3.05, 3.63) is 0 Å². The van der Waals surface area contributed by atoms with Crippen molar-refractivity contribution in [2.75, 3.05) is 0 Å². The molecule has 1 rings (SSSR count). The van der Waals surface area contributed by atoms with Crippen LogP contribution in [0.5, 0.6) is 0 Å². The summed E-state index contributed by atoms with van der Waals surface area (Å²) in [5, 5.41) is 0. The first-order chi connectivity index (χ1) is 8.63. The van der Waals surface area contributed by atoms with Gasteiger partial charge < -0.3 is 0 Å². The number of nitrogens with one attached hydrogen (secondary N) is 1. The molecule has 1 saturated carbocycles. The highest BCUT2D eigenvalue weighted by Crippen LogP contribution is 2.38. The van der Waals surface area contributed by atoms with Crippen molar-refractivity contribution in [1.29, 1.82) is 0 Å². The molecule has 0 heterocycles. The van der Waals surface area contributed by atoms with Gasteiger partial charge in [0.25, 0.3) is 0 Å².